The number of benzene rings is 1. The Labute approximate surface area is 184 Å². The predicted molar refractivity (Wildman–Crippen MR) is 118 cm³/mol. The van der Waals surface area contributed by atoms with Gasteiger partial charge < -0.3 is 9.30 Å². The fourth-order valence-corrected chi connectivity index (χ4v) is 4.55. The molecule has 9 heteroatoms. The van der Waals surface area contributed by atoms with Crippen LogP contribution in [0.1, 0.15) is 11.3 Å². The standard InChI is InChI=1S/C21H22Cl2N6O/c1-13-14(2)28(6-5-27-7-9-30-10-8-27)20-18(13)21-25-19(26-29(21)12-24-20)16-4-3-15(22)11-17(16)23/h3-4,11-12H,5-10H2,1-2H3. The molecule has 0 amide bonds. The van der Waals surface area contributed by atoms with Crippen molar-refractivity contribution in [2.75, 3.05) is 32.8 Å². The normalized spacial score (nSPS) is 15.5. The van der Waals surface area contributed by atoms with Crippen molar-refractivity contribution in [2.45, 2.75) is 20.4 Å². The number of aromatic nitrogens is 5. The molecule has 4 heterocycles. The summed E-state index contributed by atoms with van der Waals surface area (Å²) < 4.78 is 9.46. The third-order valence-electron chi connectivity index (χ3n) is 5.86. The fourth-order valence-electron chi connectivity index (χ4n) is 4.06. The first kappa shape index (κ1) is 19.8. The zero-order valence-electron chi connectivity index (χ0n) is 16.9. The number of aryl methyl sites for hydroxylation is 1. The zero-order chi connectivity index (χ0) is 20.8. The summed E-state index contributed by atoms with van der Waals surface area (Å²) in [5.41, 5.74) is 4.84. The van der Waals surface area contributed by atoms with Gasteiger partial charge in [-0.1, -0.05) is 23.2 Å². The summed E-state index contributed by atoms with van der Waals surface area (Å²) in [6, 6.07) is 5.34. The van der Waals surface area contributed by atoms with E-state index in [2.05, 4.69) is 28.4 Å². The van der Waals surface area contributed by atoms with Crippen molar-refractivity contribution in [3.63, 3.8) is 0 Å². The first-order valence-electron chi connectivity index (χ1n) is 9.99. The van der Waals surface area contributed by atoms with Gasteiger partial charge in [0.25, 0.3) is 0 Å². The Morgan fingerprint density at radius 1 is 1.07 bits per heavy atom. The third kappa shape index (κ3) is 3.36. The van der Waals surface area contributed by atoms with Crippen molar-refractivity contribution in [1.29, 1.82) is 0 Å². The van der Waals surface area contributed by atoms with E-state index in [9.17, 15) is 0 Å². The van der Waals surface area contributed by atoms with Gasteiger partial charge in [-0.25, -0.2) is 14.5 Å². The first-order chi connectivity index (χ1) is 14.5. The lowest BCUT2D eigenvalue weighted by molar-refractivity contribution is 0.0364. The van der Waals surface area contributed by atoms with Crippen molar-refractivity contribution in [2.24, 2.45) is 0 Å². The molecule has 156 valence electrons. The highest BCUT2D eigenvalue weighted by Crippen LogP contribution is 2.31. The van der Waals surface area contributed by atoms with Crippen LogP contribution in [0, 0.1) is 13.8 Å². The van der Waals surface area contributed by atoms with Gasteiger partial charge in [0, 0.05) is 42.5 Å². The average molecular weight is 445 g/mol. The maximum absolute atomic E-state index is 6.38. The van der Waals surface area contributed by atoms with Crippen LogP contribution in [-0.2, 0) is 11.3 Å². The molecule has 0 aliphatic carbocycles. The minimum Gasteiger partial charge on any atom is -0.379 e. The number of fused-ring (bicyclic) bond motifs is 3. The largest absolute Gasteiger partial charge is 0.379 e. The van der Waals surface area contributed by atoms with E-state index in [4.69, 9.17) is 37.9 Å². The van der Waals surface area contributed by atoms with E-state index in [0.29, 0.717) is 15.9 Å². The average Bonchev–Trinajstić information content (AvgIpc) is 3.27. The number of hydrogen-bond donors (Lipinski definition) is 0. The van der Waals surface area contributed by atoms with Crippen LogP contribution in [0.25, 0.3) is 28.1 Å². The molecule has 1 aliphatic heterocycles. The molecule has 0 saturated carbocycles. The number of nitrogens with zero attached hydrogens (tertiary/aromatic N) is 6. The number of halogens is 2. The number of ether oxygens (including phenoxy) is 1. The summed E-state index contributed by atoms with van der Waals surface area (Å²) in [5, 5.41) is 6.75. The molecule has 1 aromatic carbocycles. The van der Waals surface area contributed by atoms with Crippen molar-refractivity contribution >= 4 is 39.9 Å². The summed E-state index contributed by atoms with van der Waals surface area (Å²) >= 11 is 12.4. The Bertz CT molecular complexity index is 1240. The highest BCUT2D eigenvalue weighted by atomic mass is 35.5. The van der Waals surface area contributed by atoms with Gasteiger partial charge in [0.05, 0.1) is 23.6 Å². The van der Waals surface area contributed by atoms with Gasteiger partial charge in [-0.2, -0.15) is 0 Å². The van der Waals surface area contributed by atoms with E-state index < -0.39 is 0 Å². The van der Waals surface area contributed by atoms with Crippen molar-refractivity contribution in [3.8, 4) is 11.4 Å². The fraction of sp³-hybridized carbons (Fsp3) is 0.381. The molecule has 0 spiro atoms. The van der Waals surface area contributed by atoms with Gasteiger partial charge >= 0.3 is 0 Å². The summed E-state index contributed by atoms with van der Waals surface area (Å²) in [5.74, 6) is 0.559. The van der Waals surface area contributed by atoms with Gasteiger partial charge in [-0.3, -0.25) is 4.90 Å². The molecule has 5 rings (SSSR count). The van der Waals surface area contributed by atoms with Gasteiger partial charge in [0.2, 0.25) is 0 Å². The molecule has 1 saturated heterocycles. The van der Waals surface area contributed by atoms with Gasteiger partial charge in [-0.05, 0) is 37.6 Å². The Hall–Kier alpha value is -2.19. The molecule has 0 N–H and O–H groups in total. The van der Waals surface area contributed by atoms with Crippen LogP contribution in [0.2, 0.25) is 10.0 Å². The Morgan fingerprint density at radius 2 is 1.87 bits per heavy atom. The number of rotatable bonds is 4. The maximum Gasteiger partial charge on any atom is 0.183 e. The Kier molecular flexibility index (Phi) is 5.14. The lowest BCUT2D eigenvalue weighted by Gasteiger charge is -2.26. The third-order valence-corrected chi connectivity index (χ3v) is 6.41. The molecular weight excluding hydrogens is 423 g/mol. The van der Waals surface area contributed by atoms with E-state index in [1.165, 1.54) is 11.3 Å². The topological polar surface area (TPSA) is 60.5 Å². The first-order valence-corrected chi connectivity index (χ1v) is 10.7. The zero-order valence-corrected chi connectivity index (χ0v) is 18.4. The van der Waals surface area contributed by atoms with E-state index in [1.807, 2.05) is 6.07 Å². The van der Waals surface area contributed by atoms with E-state index in [-0.39, 0.29) is 0 Å². The summed E-state index contributed by atoms with van der Waals surface area (Å²) in [4.78, 5) is 12.0. The second kappa shape index (κ2) is 7.81. The smallest absolute Gasteiger partial charge is 0.183 e. The van der Waals surface area contributed by atoms with Gasteiger partial charge in [0.15, 0.2) is 11.5 Å². The lowest BCUT2D eigenvalue weighted by Crippen LogP contribution is -2.38. The van der Waals surface area contributed by atoms with Gasteiger partial charge in [0.1, 0.15) is 12.0 Å². The van der Waals surface area contributed by atoms with Crippen LogP contribution in [0.4, 0.5) is 0 Å². The van der Waals surface area contributed by atoms with Crippen LogP contribution in [0.5, 0.6) is 0 Å². The van der Waals surface area contributed by atoms with Crippen LogP contribution >= 0.6 is 23.2 Å². The quantitative estimate of drug-likeness (QED) is 0.475. The number of hydrogen-bond acceptors (Lipinski definition) is 5. The predicted octanol–water partition coefficient (Wildman–Crippen LogP) is 4.00. The molecule has 0 unspecified atom stereocenters. The molecule has 1 aliphatic rings. The molecule has 30 heavy (non-hydrogen) atoms. The second-order valence-corrected chi connectivity index (χ2v) is 8.43. The summed E-state index contributed by atoms with van der Waals surface area (Å²) in [7, 11) is 0. The SMILES string of the molecule is Cc1c(C)n(CCN2CCOCC2)c2ncn3nc(-c4ccc(Cl)cc4Cl)nc3c12. The molecule has 0 radical (unpaired) electrons. The molecule has 3 aromatic heterocycles. The molecular formula is C21H22Cl2N6O. The monoisotopic (exact) mass is 444 g/mol. The minimum absolute atomic E-state index is 0.526. The van der Waals surface area contributed by atoms with Crippen LogP contribution < -0.4 is 0 Å². The van der Waals surface area contributed by atoms with Crippen LogP contribution in [0.15, 0.2) is 24.5 Å². The maximum atomic E-state index is 6.38. The Balaban J connectivity index is 1.57. The van der Waals surface area contributed by atoms with E-state index in [1.54, 1.807) is 23.0 Å². The Morgan fingerprint density at radius 3 is 2.63 bits per heavy atom. The molecule has 0 bridgehead atoms. The van der Waals surface area contributed by atoms with Crippen LogP contribution in [-0.4, -0.2) is 61.9 Å². The van der Waals surface area contributed by atoms with Crippen molar-refractivity contribution in [3.05, 3.63) is 45.8 Å². The van der Waals surface area contributed by atoms with Crippen molar-refractivity contribution in [1.82, 2.24) is 29.0 Å². The highest BCUT2D eigenvalue weighted by Gasteiger charge is 2.20. The highest BCUT2D eigenvalue weighted by molar-refractivity contribution is 6.36. The van der Waals surface area contributed by atoms with E-state index >= 15 is 0 Å². The van der Waals surface area contributed by atoms with E-state index in [0.717, 1.165) is 61.6 Å². The molecule has 1 fully saturated rings. The molecule has 0 atom stereocenters. The molecule has 7 nitrogen and oxygen atoms in total. The van der Waals surface area contributed by atoms with Gasteiger partial charge in [-0.15, -0.1) is 5.10 Å². The second-order valence-electron chi connectivity index (χ2n) is 7.59. The lowest BCUT2D eigenvalue weighted by atomic mass is 10.2. The number of morpholine rings is 1. The van der Waals surface area contributed by atoms with Crippen LogP contribution in [0.3, 0.4) is 0 Å². The molecule has 4 aromatic rings. The van der Waals surface area contributed by atoms with Crippen molar-refractivity contribution < 1.29 is 4.74 Å². The summed E-state index contributed by atoms with van der Waals surface area (Å²) in [6.07, 6.45) is 1.72. The summed E-state index contributed by atoms with van der Waals surface area (Å²) in [6.45, 7) is 9.67. The minimum atomic E-state index is 0.526.